The van der Waals surface area contributed by atoms with Gasteiger partial charge >= 0.3 is 0 Å². The van der Waals surface area contributed by atoms with Crippen LogP contribution in [0.15, 0.2) is 12.1 Å². The van der Waals surface area contributed by atoms with Crippen LogP contribution in [0.4, 0.5) is 0 Å². The molecule has 0 spiro atoms. The van der Waals surface area contributed by atoms with Crippen LogP contribution in [0.1, 0.15) is 36.2 Å². The lowest BCUT2D eigenvalue weighted by atomic mass is 10.1. The Morgan fingerprint density at radius 3 is 2.42 bits per heavy atom. The van der Waals surface area contributed by atoms with Crippen molar-refractivity contribution < 1.29 is 9.59 Å². The van der Waals surface area contributed by atoms with Crippen molar-refractivity contribution in [1.82, 2.24) is 20.5 Å². The van der Waals surface area contributed by atoms with Gasteiger partial charge in [-0.2, -0.15) is 0 Å². The fourth-order valence-electron chi connectivity index (χ4n) is 3.40. The van der Waals surface area contributed by atoms with Crippen molar-refractivity contribution in [3.05, 3.63) is 29.1 Å². The number of carbonyl (C=O) groups is 2. The fraction of sp³-hybridized carbons (Fsp3) is 0.611. The number of nitrogens with one attached hydrogen (secondary N) is 2. The third-order valence-electron chi connectivity index (χ3n) is 4.73. The Morgan fingerprint density at radius 1 is 1.17 bits per heavy atom. The Balaban J connectivity index is 1.80. The van der Waals surface area contributed by atoms with Crippen LogP contribution in [0.5, 0.6) is 0 Å². The highest BCUT2D eigenvalue weighted by atomic mass is 16.2. The van der Waals surface area contributed by atoms with Crippen LogP contribution in [-0.2, 0) is 16.0 Å². The maximum absolute atomic E-state index is 12.2. The second-order valence-corrected chi connectivity index (χ2v) is 6.67. The average Bonchev–Trinajstić information content (AvgIpc) is 2.84. The van der Waals surface area contributed by atoms with Crippen molar-refractivity contribution in [1.29, 1.82) is 0 Å². The summed E-state index contributed by atoms with van der Waals surface area (Å²) in [6.07, 6.45) is 2.90. The molecule has 1 aliphatic rings. The number of hydrogen-bond donors (Lipinski definition) is 2. The van der Waals surface area contributed by atoms with E-state index < -0.39 is 0 Å². The molecule has 1 aliphatic heterocycles. The Hall–Kier alpha value is -1.95. The molecular weight excluding hydrogens is 304 g/mol. The van der Waals surface area contributed by atoms with Crippen molar-refractivity contribution in [2.45, 2.75) is 51.6 Å². The number of aryl methyl sites for hydroxylation is 2. The van der Waals surface area contributed by atoms with Gasteiger partial charge in [0.15, 0.2) is 0 Å². The summed E-state index contributed by atoms with van der Waals surface area (Å²) in [5.74, 6) is 0.100. The molecule has 6 nitrogen and oxygen atoms in total. The third kappa shape index (κ3) is 5.03. The van der Waals surface area contributed by atoms with E-state index in [0.29, 0.717) is 25.4 Å². The number of aromatic nitrogens is 1. The Kier molecular flexibility index (Phi) is 6.31. The zero-order valence-corrected chi connectivity index (χ0v) is 15.1. The first-order chi connectivity index (χ1) is 11.4. The summed E-state index contributed by atoms with van der Waals surface area (Å²) in [6, 6.07) is 4.46. The van der Waals surface area contributed by atoms with Crippen molar-refractivity contribution in [3.8, 4) is 0 Å². The first-order valence-corrected chi connectivity index (χ1v) is 8.52. The van der Waals surface area contributed by atoms with Crippen LogP contribution >= 0.6 is 0 Å². The number of carbonyl (C=O) groups excluding carboxylic acids is 2. The van der Waals surface area contributed by atoms with E-state index in [1.54, 1.807) is 7.05 Å². The van der Waals surface area contributed by atoms with Crippen LogP contribution < -0.4 is 10.6 Å². The monoisotopic (exact) mass is 332 g/mol. The molecule has 2 rings (SSSR count). The van der Waals surface area contributed by atoms with Crippen molar-refractivity contribution >= 4 is 11.8 Å². The molecule has 132 valence electrons. The van der Waals surface area contributed by atoms with Gasteiger partial charge in [0.05, 0.1) is 6.42 Å². The predicted octanol–water partition coefficient (Wildman–Crippen LogP) is 0.956. The van der Waals surface area contributed by atoms with E-state index in [-0.39, 0.29) is 17.9 Å². The van der Waals surface area contributed by atoms with Crippen LogP contribution in [0.3, 0.4) is 0 Å². The number of pyridine rings is 1. The minimum absolute atomic E-state index is 0.0307. The molecule has 0 aliphatic carbocycles. The summed E-state index contributed by atoms with van der Waals surface area (Å²) in [7, 11) is 3.70. The minimum atomic E-state index is 0.0307. The van der Waals surface area contributed by atoms with Gasteiger partial charge in [-0.15, -0.1) is 0 Å². The van der Waals surface area contributed by atoms with E-state index in [9.17, 15) is 9.59 Å². The van der Waals surface area contributed by atoms with Gasteiger partial charge in [0.1, 0.15) is 0 Å². The molecule has 0 radical (unpaired) electrons. The van der Waals surface area contributed by atoms with Crippen LogP contribution in [0, 0.1) is 13.8 Å². The normalized spacial score (nSPS) is 20.8. The van der Waals surface area contributed by atoms with E-state index in [2.05, 4.69) is 20.5 Å². The molecule has 0 aromatic carbocycles. The third-order valence-corrected chi connectivity index (χ3v) is 4.73. The van der Waals surface area contributed by atoms with Gasteiger partial charge in [0.2, 0.25) is 11.8 Å². The second-order valence-electron chi connectivity index (χ2n) is 6.67. The molecule has 1 fully saturated rings. The maximum atomic E-state index is 12.2. The number of nitrogens with zero attached hydrogens (tertiary/aromatic N) is 2. The molecule has 0 bridgehead atoms. The van der Waals surface area contributed by atoms with Crippen LogP contribution in [0.2, 0.25) is 0 Å². The quantitative estimate of drug-likeness (QED) is 0.814. The Morgan fingerprint density at radius 2 is 1.79 bits per heavy atom. The molecule has 24 heavy (non-hydrogen) atoms. The molecule has 0 unspecified atom stereocenters. The molecule has 1 aromatic heterocycles. The van der Waals surface area contributed by atoms with E-state index >= 15 is 0 Å². The Bertz CT molecular complexity index is 582. The number of hydrogen-bond acceptors (Lipinski definition) is 4. The number of rotatable bonds is 6. The molecular formula is C18H28N4O2. The van der Waals surface area contributed by atoms with Crippen LogP contribution in [-0.4, -0.2) is 54.4 Å². The molecule has 1 saturated heterocycles. The second kappa shape index (κ2) is 8.24. The largest absolute Gasteiger partial charge is 0.359 e. The smallest absolute Gasteiger partial charge is 0.224 e. The van der Waals surface area contributed by atoms with Crippen molar-refractivity contribution in [3.63, 3.8) is 0 Å². The lowest BCUT2D eigenvalue weighted by Gasteiger charge is -2.25. The molecule has 6 heteroatoms. The van der Waals surface area contributed by atoms with Gasteiger partial charge in [-0.05, 0) is 51.4 Å². The predicted molar refractivity (Wildman–Crippen MR) is 93.7 cm³/mol. The zero-order chi connectivity index (χ0) is 17.7. The summed E-state index contributed by atoms with van der Waals surface area (Å²) in [6.45, 7) is 4.51. The maximum Gasteiger partial charge on any atom is 0.224 e. The molecule has 2 N–H and O–H groups in total. The lowest BCUT2D eigenvalue weighted by molar-refractivity contribution is -0.122. The molecule has 2 heterocycles. The molecule has 1 aromatic rings. The van der Waals surface area contributed by atoms with E-state index in [1.165, 1.54) is 0 Å². The number of likely N-dealkylation sites (tertiary alicyclic amines) is 1. The zero-order valence-electron chi connectivity index (χ0n) is 15.1. The SMILES string of the molecule is CNC(=O)C[C@H]1CC[C@@H](CNC(=O)Cc2cc(C)nc(C)c2)N1C. The van der Waals surface area contributed by atoms with Gasteiger partial charge in [-0.25, -0.2) is 0 Å². The van der Waals surface area contributed by atoms with E-state index in [0.717, 1.165) is 29.8 Å². The molecule has 2 amide bonds. The lowest BCUT2D eigenvalue weighted by Crippen LogP contribution is -2.42. The minimum Gasteiger partial charge on any atom is -0.359 e. The summed E-state index contributed by atoms with van der Waals surface area (Å²) < 4.78 is 0. The first-order valence-electron chi connectivity index (χ1n) is 8.52. The van der Waals surface area contributed by atoms with Gasteiger partial charge in [-0.3, -0.25) is 19.5 Å². The summed E-state index contributed by atoms with van der Waals surface area (Å²) in [5, 5.41) is 5.70. The highest BCUT2D eigenvalue weighted by Crippen LogP contribution is 2.24. The highest BCUT2D eigenvalue weighted by molar-refractivity contribution is 5.78. The first kappa shape index (κ1) is 18.4. The standard InChI is InChI=1S/C18H28N4O2/c1-12-7-14(8-13(2)21-12)9-18(24)20-11-16-6-5-15(22(16)4)10-17(23)19-3/h7-8,15-16H,5-6,9-11H2,1-4H3,(H,19,23)(H,20,24)/t15-,16+/m1/s1. The molecule has 0 saturated carbocycles. The van der Waals surface area contributed by atoms with E-state index in [1.807, 2.05) is 33.0 Å². The molecule has 2 atom stereocenters. The topological polar surface area (TPSA) is 74.3 Å². The summed E-state index contributed by atoms with van der Waals surface area (Å²) in [5.41, 5.74) is 2.87. The number of likely N-dealkylation sites (N-methyl/N-ethyl adjacent to an activating group) is 1. The van der Waals surface area contributed by atoms with Gasteiger partial charge in [-0.1, -0.05) is 0 Å². The van der Waals surface area contributed by atoms with Gasteiger partial charge < -0.3 is 10.6 Å². The van der Waals surface area contributed by atoms with Crippen molar-refractivity contribution in [2.24, 2.45) is 0 Å². The average molecular weight is 332 g/mol. The summed E-state index contributed by atoms with van der Waals surface area (Å²) >= 11 is 0. The van der Waals surface area contributed by atoms with Crippen molar-refractivity contribution in [2.75, 3.05) is 20.6 Å². The number of amides is 2. The summed E-state index contributed by atoms with van der Waals surface area (Å²) in [4.78, 5) is 30.3. The highest BCUT2D eigenvalue weighted by Gasteiger charge is 2.31. The van der Waals surface area contributed by atoms with Gasteiger partial charge in [0, 0.05) is 43.5 Å². The fourth-order valence-corrected chi connectivity index (χ4v) is 3.40. The van der Waals surface area contributed by atoms with Crippen LogP contribution in [0.25, 0.3) is 0 Å². The van der Waals surface area contributed by atoms with E-state index in [4.69, 9.17) is 0 Å². The Labute approximate surface area is 144 Å². The van der Waals surface area contributed by atoms with Gasteiger partial charge in [0.25, 0.3) is 0 Å².